The molecule has 9 heteroatoms. The highest BCUT2D eigenvalue weighted by Gasteiger charge is 2.15. The van der Waals surface area contributed by atoms with Gasteiger partial charge in [0.05, 0.1) is 5.69 Å². The van der Waals surface area contributed by atoms with E-state index in [1.54, 1.807) is 23.0 Å². The van der Waals surface area contributed by atoms with E-state index in [2.05, 4.69) is 57.1 Å². The van der Waals surface area contributed by atoms with Crippen molar-refractivity contribution < 1.29 is 4.79 Å². The highest BCUT2D eigenvalue weighted by Crippen LogP contribution is 2.26. The molecule has 6 rings (SSSR count). The number of nitrogens with one attached hydrogen (secondary N) is 3. The van der Waals surface area contributed by atoms with Crippen LogP contribution in [0.1, 0.15) is 31.5 Å². The van der Waals surface area contributed by atoms with E-state index < -0.39 is 0 Å². The van der Waals surface area contributed by atoms with Gasteiger partial charge in [0.25, 0.3) is 5.56 Å². The molecule has 1 aliphatic heterocycles. The van der Waals surface area contributed by atoms with Crippen LogP contribution < -0.4 is 21.5 Å². The van der Waals surface area contributed by atoms with Crippen LogP contribution in [-0.4, -0.2) is 38.0 Å². The minimum atomic E-state index is -0.160. The third-order valence-electron chi connectivity index (χ3n) is 7.59. The van der Waals surface area contributed by atoms with Crippen molar-refractivity contribution >= 4 is 34.7 Å². The van der Waals surface area contributed by atoms with Gasteiger partial charge in [-0.2, -0.15) is 0 Å². The number of aromatic nitrogens is 4. The quantitative estimate of drug-likeness (QED) is 0.171. The number of anilines is 2. The second-order valence-electron chi connectivity index (χ2n) is 11.2. The van der Waals surface area contributed by atoms with Gasteiger partial charge in [0.1, 0.15) is 17.0 Å². The molecule has 5 aromatic rings. The molecule has 1 unspecified atom stereocenters. The van der Waals surface area contributed by atoms with E-state index in [9.17, 15) is 9.59 Å². The molecule has 0 saturated carbocycles. The Morgan fingerprint density at radius 2 is 1.85 bits per heavy atom. The smallest absolute Gasteiger partial charge is 0.278 e. The Bertz CT molecular complexity index is 2030. The lowest BCUT2D eigenvalue weighted by molar-refractivity contribution is -0.114. The number of carbonyl (C=O) groups excluding carboxylic acids is 1. The lowest BCUT2D eigenvalue weighted by atomic mass is 10.0. The highest BCUT2D eigenvalue weighted by molar-refractivity contribution is 5.87. The van der Waals surface area contributed by atoms with Gasteiger partial charge in [0, 0.05) is 43.8 Å². The number of nitrogens with zero attached hydrogens (tertiary/aromatic N) is 4. The van der Waals surface area contributed by atoms with Crippen molar-refractivity contribution in [1.82, 2.24) is 24.8 Å². The molecular formula is C37H35N7O2. The van der Waals surface area contributed by atoms with E-state index in [4.69, 9.17) is 4.98 Å². The zero-order valence-electron chi connectivity index (χ0n) is 25.8. The van der Waals surface area contributed by atoms with Crippen molar-refractivity contribution in [2.75, 3.05) is 17.2 Å². The van der Waals surface area contributed by atoms with Gasteiger partial charge in [0.2, 0.25) is 5.91 Å². The minimum absolute atomic E-state index is 0.149. The number of pyridine rings is 2. The molecule has 46 heavy (non-hydrogen) atoms. The van der Waals surface area contributed by atoms with Crippen molar-refractivity contribution in [1.29, 1.82) is 0 Å². The van der Waals surface area contributed by atoms with Crippen LogP contribution in [-0.2, 0) is 11.2 Å². The Kier molecular flexibility index (Phi) is 9.10. The van der Waals surface area contributed by atoms with Gasteiger partial charge >= 0.3 is 0 Å². The molecule has 0 fully saturated rings. The molecule has 3 N–H and O–H groups in total. The molecule has 0 radical (unpaired) electrons. The number of fused-ring (bicyclic) bond motifs is 1. The highest BCUT2D eigenvalue weighted by atomic mass is 16.1. The summed E-state index contributed by atoms with van der Waals surface area (Å²) >= 11 is 0. The van der Waals surface area contributed by atoms with Crippen molar-refractivity contribution in [3.63, 3.8) is 0 Å². The fourth-order valence-corrected chi connectivity index (χ4v) is 5.26. The second-order valence-corrected chi connectivity index (χ2v) is 11.2. The monoisotopic (exact) mass is 609 g/mol. The molecule has 9 nitrogen and oxygen atoms in total. The molecule has 0 saturated heterocycles. The topological polar surface area (TPSA) is 114 Å². The molecule has 1 atom stereocenters. The third-order valence-corrected chi connectivity index (χ3v) is 7.59. The summed E-state index contributed by atoms with van der Waals surface area (Å²) in [4.78, 5) is 38.6. The van der Waals surface area contributed by atoms with Gasteiger partial charge in [0.15, 0.2) is 5.65 Å². The lowest BCUT2D eigenvalue weighted by Crippen LogP contribution is -2.25. The lowest BCUT2D eigenvalue weighted by Gasteiger charge is -2.15. The molecular weight excluding hydrogens is 574 g/mol. The molecule has 230 valence electrons. The number of benzene rings is 2. The molecule has 4 heterocycles. The standard InChI is InChI=1S/C37H35N7O2/c1-25-13-14-28(23-40-25)15-17-34-37(46)44(36-33(43-34)12-6-20-39-36)32-11-4-9-30(22-32)29-8-3-10-31(21-29)38-19-5-7-27-16-18-35(41-24-27)42-26(2)45/h3-14,16,18,20-25,38,40H,15,17,19H2,1-2H3,(H,41,42,45)/b7-5+. The van der Waals surface area contributed by atoms with Crippen LogP contribution in [0.25, 0.3) is 34.1 Å². The van der Waals surface area contributed by atoms with Gasteiger partial charge in [-0.05, 0) is 90.6 Å². The average molecular weight is 610 g/mol. The summed E-state index contributed by atoms with van der Waals surface area (Å²) in [5.41, 5.74) is 7.34. The van der Waals surface area contributed by atoms with Crippen molar-refractivity contribution in [2.24, 2.45) is 0 Å². The first kappa shape index (κ1) is 30.2. The van der Waals surface area contributed by atoms with E-state index >= 15 is 0 Å². The summed E-state index contributed by atoms with van der Waals surface area (Å²) in [5, 5.41) is 9.43. The van der Waals surface area contributed by atoms with Crippen LogP contribution in [0, 0.1) is 0 Å². The van der Waals surface area contributed by atoms with E-state index in [-0.39, 0.29) is 11.5 Å². The Balaban J connectivity index is 1.21. The number of amides is 1. The molecule has 2 aromatic carbocycles. The van der Waals surface area contributed by atoms with E-state index in [1.807, 2.05) is 72.9 Å². The van der Waals surface area contributed by atoms with Gasteiger partial charge in [-0.25, -0.2) is 15.0 Å². The Morgan fingerprint density at radius 3 is 2.63 bits per heavy atom. The number of allylic oxidation sites excluding steroid dienone is 2. The average Bonchev–Trinajstić information content (AvgIpc) is 3.07. The summed E-state index contributed by atoms with van der Waals surface area (Å²) in [5.74, 6) is 0.379. The fourth-order valence-electron chi connectivity index (χ4n) is 5.26. The Labute approximate surface area is 267 Å². The van der Waals surface area contributed by atoms with Crippen LogP contribution in [0.5, 0.6) is 0 Å². The van der Waals surface area contributed by atoms with Gasteiger partial charge in [-0.1, -0.05) is 48.6 Å². The Hall–Kier alpha value is -5.83. The maximum atomic E-state index is 13.9. The summed E-state index contributed by atoms with van der Waals surface area (Å²) < 4.78 is 1.68. The number of rotatable bonds is 10. The first-order chi connectivity index (χ1) is 22.4. The van der Waals surface area contributed by atoms with Crippen LogP contribution >= 0.6 is 0 Å². The van der Waals surface area contributed by atoms with Crippen molar-refractivity contribution in [3.05, 3.63) is 137 Å². The SMILES string of the molecule is CC(=O)Nc1ccc(/C=C/CNc2cccc(-c3cccc(-n4c(=O)c(CCC5=CNC(C)C=C5)nc5cccnc54)c3)c2)cn1. The summed E-state index contributed by atoms with van der Waals surface area (Å²) in [6.45, 7) is 4.17. The number of hydrogen-bond acceptors (Lipinski definition) is 7. The number of hydrogen-bond donors (Lipinski definition) is 3. The minimum Gasteiger partial charge on any atom is -0.385 e. The molecule has 0 bridgehead atoms. The third kappa shape index (κ3) is 7.27. The number of aryl methyl sites for hydroxylation is 1. The predicted octanol–water partition coefficient (Wildman–Crippen LogP) is 6.29. The summed E-state index contributed by atoms with van der Waals surface area (Å²) in [6.07, 6.45) is 14.9. The van der Waals surface area contributed by atoms with Crippen molar-refractivity contribution in [3.8, 4) is 16.8 Å². The fraction of sp³-hybridized carbons (Fsp3) is 0.162. The zero-order chi connectivity index (χ0) is 31.9. The normalized spacial score (nSPS) is 14.2. The second kappa shape index (κ2) is 13.9. The molecule has 3 aromatic heterocycles. The van der Waals surface area contributed by atoms with Gasteiger partial charge in [-0.3, -0.25) is 14.2 Å². The summed E-state index contributed by atoms with van der Waals surface area (Å²) in [7, 11) is 0. The van der Waals surface area contributed by atoms with Crippen LogP contribution in [0.2, 0.25) is 0 Å². The first-order valence-electron chi connectivity index (χ1n) is 15.3. The van der Waals surface area contributed by atoms with E-state index in [0.717, 1.165) is 33.6 Å². The van der Waals surface area contributed by atoms with Crippen LogP contribution in [0.15, 0.2) is 120 Å². The van der Waals surface area contributed by atoms with Gasteiger partial charge < -0.3 is 16.0 Å². The largest absolute Gasteiger partial charge is 0.385 e. The van der Waals surface area contributed by atoms with Gasteiger partial charge in [-0.15, -0.1) is 0 Å². The number of dihydropyridines is 1. The summed E-state index contributed by atoms with van der Waals surface area (Å²) in [6, 6.07) is 23.9. The predicted molar refractivity (Wildman–Crippen MR) is 185 cm³/mol. The number of carbonyl (C=O) groups is 1. The van der Waals surface area contributed by atoms with Crippen LogP contribution in [0.3, 0.4) is 0 Å². The maximum absolute atomic E-state index is 13.9. The molecule has 0 aliphatic carbocycles. The molecule has 1 aliphatic rings. The Morgan fingerprint density at radius 1 is 1.00 bits per heavy atom. The van der Waals surface area contributed by atoms with E-state index in [1.165, 1.54) is 6.92 Å². The zero-order valence-corrected chi connectivity index (χ0v) is 25.8. The maximum Gasteiger partial charge on any atom is 0.278 e. The molecule has 1 amide bonds. The molecule has 0 spiro atoms. The van der Waals surface area contributed by atoms with Crippen molar-refractivity contribution in [2.45, 2.75) is 32.7 Å². The first-order valence-corrected chi connectivity index (χ1v) is 15.3. The van der Waals surface area contributed by atoms with E-state index in [0.29, 0.717) is 48.1 Å². The van der Waals surface area contributed by atoms with Crippen LogP contribution in [0.4, 0.5) is 11.5 Å².